The van der Waals surface area contributed by atoms with Gasteiger partial charge >= 0.3 is 5.69 Å². The molecule has 0 aliphatic rings. The Labute approximate surface area is 64.5 Å². The van der Waals surface area contributed by atoms with Crippen LogP contribution in [0.3, 0.4) is 0 Å². The molecule has 0 aliphatic carbocycles. The van der Waals surface area contributed by atoms with Gasteiger partial charge in [-0.25, -0.2) is 14.9 Å². The Hall–Kier alpha value is -2.05. The van der Waals surface area contributed by atoms with E-state index in [0.29, 0.717) is 0 Å². The van der Waals surface area contributed by atoms with Gasteiger partial charge in [0.25, 0.3) is 5.56 Å². The van der Waals surface area contributed by atoms with E-state index < -0.39 is 11.2 Å². The zero-order valence-electron chi connectivity index (χ0n) is 5.74. The highest BCUT2D eigenvalue weighted by molar-refractivity contribution is 5.65. The average Bonchev–Trinajstić information content (AvgIpc) is 2.07. The first-order valence-corrected chi connectivity index (χ1v) is 3.07. The van der Waals surface area contributed by atoms with Crippen LogP contribution in [-0.2, 0) is 0 Å². The van der Waals surface area contributed by atoms with Gasteiger partial charge in [0.15, 0.2) is 5.52 Å². The first kappa shape index (κ1) is 6.65. The van der Waals surface area contributed by atoms with Crippen LogP contribution in [-0.4, -0.2) is 25.1 Å². The van der Waals surface area contributed by atoms with Gasteiger partial charge < -0.3 is 4.98 Å². The molecule has 12 heavy (non-hydrogen) atoms. The first-order chi connectivity index (χ1) is 5.77. The lowest BCUT2D eigenvalue weighted by atomic mass is 10.5. The SMILES string of the molecule is O=c1nc2c(=O)[nH]cnc2n[nH]1. The van der Waals surface area contributed by atoms with Gasteiger partial charge in [0.05, 0.1) is 6.33 Å². The summed E-state index contributed by atoms with van der Waals surface area (Å²) in [5.41, 5.74) is -1.07. The molecule has 2 aromatic heterocycles. The maximum atomic E-state index is 11.0. The van der Waals surface area contributed by atoms with Crippen molar-refractivity contribution in [1.29, 1.82) is 0 Å². The maximum Gasteiger partial charge on any atom is 0.362 e. The Morgan fingerprint density at radius 1 is 1.33 bits per heavy atom. The minimum Gasteiger partial charge on any atom is -0.311 e. The number of aromatic amines is 2. The van der Waals surface area contributed by atoms with Crippen LogP contribution in [0.15, 0.2) is 15.9 Å². The molecule has 0 aromatic carbocycles. The molecular formula is C5H3N5O2. The Morgan fingerprint density at radius 3 is 3.00 bits per heavy atom. The van der Waals surface area contributed by atoms with Gasteiger partial charge in [0.1, 0.15) is 0 Å². The lowest BCUT2D eigenvalue weighted by molar-refractivity contribution is 0.932. The summed E-state index contributed by atoms with van der Waals surface area (Å²) in [6.07, 6.45) is 1.19. The monoisotopic (exact) mass is 165 g/mol. The van der Waals surface area contributed by atoms with Gasteiger partial charge in [0.2, 0.25) is 5.65 Å². The molecule has 7 heteroatoms. The molecular weight excluding hydrogens is 162 g/mol. The highest BCUT2D eigenvalue weighted by atomic mass is 16.1. The van der Waals surface area contributed by atoms with Gasteiger partial charge in [-0.2, -0.15) is 4.98 Å². The van der Waals surface area contributed by atoms with Gasteiger partial charge in [-0.15, -0.1) is 5.10 Å². The fourth-order valence-electron chi connectivity index (χ4n) is 0.793. The van der Waals surface area contributed by atoms with E-state index in [1.165, 1.54) is 6.33 Å². The van der Waals surface area contributed by atoms with Crippen LogP contribution in [0, 0.1) is 0 Å². The van der Waals surface area contributed by atoms with Crippen molar-refractivity contribution in [1.82, 2.24) is 25.1 Å². The minimum absolute atomic E-state index is 0.0544. The second-order valence-corrected chi connectivity index (χ2v) is 2.04. The van der Waals surface area contributed by atoms with Gasteiger partial charge in [-0.3, -0.25) is 4.79 Å². The summed E-state index contributed by atoms with van der Waals surface area (Å²) in [4.78, 5) is 31.0. The third-order valence-electron chi connectivity index (χ3n) is 1.28. The number of fused-ring (bicyclic) bond motifs is 1. The first-order valence-electron chi connectivity index (χ1n) is 3.07. The van der Waals surface area contributed by atoms with Crippen molar-refractivity contribution in [3.63, 3.8) is 0 Å². The van der Waals surface area contributed by atoms with Crippen molar-refractivity contribution in [3.05, 3.63) is 27.2 Å². The molecule has 2 aromatic rings. The van der Waals surface area contributed by atoms with E-state index in [1.54, 1.807) is 0 Å². The predicted molar refractivity (Wildman–Crippen MR) is 38.6 cm³/mol. The molecule has 0 saturated heterocycles. The molecule has 0 amide bonds. The molecule has 7 nitrogen and oxygen atoms in total. The summed E-state index contributed by atoms with van der Waals surface area (Å²) in [7, 11) is 0. The van der Waals surface area contributed by atoms with Crippen LogP contribution in [0.1, 0.15) is 0 Å². The Kier molecular flexibility index (Phi) is 1.23. The third-order valence-corrected chi connectivity index (χ3v) is 1.28. The van der Waals surface area contributed by atoms with E-state index in [9.17, 15) is 9.59 Å². The van der Waals surface area contributed by atoms with Crippen LogP contribution in [0.5, 0.6) is 0 Å². The largest absolute Gasteiger partial charge is 0.362 e. The van der Waals surface area contributed by atoms with Gasteiger partial charge in [-0.1, -0.05) is 0 Å². The van der Waals surface area contributed by atoms with Gasteiger partial charge in [-0.05, 0) is 0 Å². The molecule has 0 radical (unpaired) electrons. The van der Waals surface area contributed by atoms with Gasteiger partial charge in [0, 0.05) is 0 Å². The normalized spacial score (nSPS) is 10.3. The highest BCUT2D eigenvalue weighted by Crippen LogP contribution is 1.89. The molecule has 2 heterocycles. The fourth-order valence-corrected chi connectivity index (χ4v) is 0.793. The summed E-state index contributed by atoms with van der Waals surface area (Å²) in [5, 5.41) is 5.58. The third kappa shape index (κ3) is 0.875. The van der Waals surface area contributed by atoms with Crippen LogP contribution >= 0.6 is 0 Å². The number of nitrogens with one attached hydrogen (secondary N) is 2. The second kappa shape index (κ2) is 2.22. The molecule has 0 atom stereocenters. The molecule has 2 rings (SSSR count). The van der Waals surface area contributed by atoms with E-state index >= 15 is 0 Å². The molecule has 0 fully saturated rings. The van der Waals surface area contributed by atoms with E-state index in [0.717, 1.165) is 0 Å². The average molecular weight is 165 g/mol. The van der Waals surface area contributed by atoms with Crippen LogP contribution in [0.25, 0.3) is 11.2 Å². The Balaban J connectivity index is 3.08. The number of hydrogen-bond donors (Lipinski definition) is 2. The number of rotatable bonds is 0. The van der Waals surface area contributed by atoms with Crippen LogP contribution < -0.4 is 11.2 Å². The van der Waals surface area contributed by atoms with Crippen LogP contribution in [0.4, 0.5) is 0 Å². The summed E-state index contributed by atoms with van der Waals surface area (Å²) in [5.74, 6) is 0. The summed E-state index contributed by atoms with van der Waals surface area (Å²) >= 11 is 0. The highest BCUT2D eigenvalue weighted by Gasteiger charge is 2.01. The Bertz CT molecular complexity index is 527. The number of nitrogens with zero attached hydrogens (tertiary/aromatic N) is 3. The van der Waals surface area contributed by atoms with E-state index in [1.807, 2.05) is 0 Å². The van der Waals surface area contributed by atoms with Crippen molar-refractivity contribution in [2.24, 2.45) is 0 Å². The second-order valence-electron chi connectivity index (χ2n) is 2.04. The van der Waals surface area contributed by atoms with E-state index in [4.69, 9.17) is 0 Å². The van der Waals surface area contributed by atoms with E-state index in [2.05, 4.69) is 25.1 Å². The number of hydrogen-bond acceptors (Lipinski definition) is 5. The zero-order valence-corrected chi connectivity index (χ0v) is 5.74. The quantitative estimate of drug-likeness (QED) is 0.489. The standard InChI is InChI=1S/C5H3N5O2/c11-4-2-3(6-1-7-4)9-10-5(12)8-2/h1H,(H,8,10,12)(H,6,7,9,11). The van der Waals surface area contributed by atoms with Crippen molar-refractivity contribution in [3.8, 4) is 0 Å². The lowest BCUT2D eigenvalue weighted by Gasteiger charge is -1.89. The minimum atomic E-state index is -0.666. The number of aromatic nitrogens is 5. The maximum absolute atomic E-state index is 11.0. The zero-order chi connectivity index (χ0) is 8.55. The molecule has 0 saturated carbocycles. The topological polar surface area (TPSA) is 104 Å². The lowest BCUT2D eigenvalue weighted by Crippen LogP contribution is -2.18. The smallest absolute Gasteiger partial charge is 0.311 e. The summed E-state index contributed by atoms with van der Waals surface area (Å²) in [6, 6.07) is 0. The molecule has 0 spiro atoms. The van der Waals surface area contributed by atoms with Crippen molar-refractivity contribution >= 4 is 11.2 Å². The van der Waals surface area contributed by atoms with E-state index in [-0.39, 0.29) is 11.2 Å². The molecule has 2 N–H and O–H groups in total. The van der Waals surface area contributed by atoms with Crippen molar-refractivity contribution in [2.75, 3.05) is 0 Å². The Morgan fingerprint density at radius 2 is 2.17 bits per heavy atom. The van der Waals surface area contributed by atoms with Crippen LogP contribution in [0.2, 0.25) is 0 Å². The number of H-pyrrole nitrogens is 2. The van der Waals surface area contributed by atoms with Crippen molar-refractivity contribution in [2.45, 2.75) is 0 Å². The fraction of sp³-hybridized carbons (Fsp3) is 0. The van der Waals surface area contributed by atoms with Crippen molar-refractivity contribution < 1.29 is 0 Å². The molecule has 0 aliphatic heterocycles. The summed E-state index contributed by atoms with van der Waals surface area (Å²) in [6.45, 7) is 0. The molecule has 0 unspecified atom stereocenters. The molecule has 0 bridgehead atoms. The molecule has 60 valence electrons. The predicted octanol–water partition coefficient (Wildman–Crippen LogP) is -1.60. The summed E-state index contributed by atoms with van der Waals surface area (Å²) < 4.78 is 0.